The van der Waals surface area contributed by atoms with Crippen molar-refractivity contribution in [1.82, 2.24) is 29.5 Å². The van der Waals surface area contributed by atoms with Gasteiger partial charge in [-0.05, 0) is 25.7 Å². The SMILES string of the molecule is CC(C1CC1)n1cnc2c(-c3cnc(N)nc3)nc(N3CCOCC3)nc21. The zero-order valence-corrected chi connectivity index (χ0v) is 15.2. The minimum atomic E-state index is 0.241. The van der Waals surface area contributed by atoms with Crippen molar-refractivity contribution in [3.8, 4) is 11.3 Å². The fraction of sp³-hybridized carbons (Fsp3) is 0.500. The van der Waals surface area contributed by atoms with E-state index in [0.717, 1.165) is 35.5 Å². The molecule has 1 aliphatic carbocycles. The highest BCUT2D eigenvalue weighted by molar-refractivity contribution is 5.88. The predicted molar refractivity (Wildman–Crippen MR) is 101 cm³/mol. The third-order valence-electron chi connectivity index (χ3n) is 5.39. The van der Waals surface area contributed by atoms with Crippen LogP contribution >= 0.6 is 0 Å². The van der Waals surface area contributed by atoms with E-state index in [2.05, 4.69) is 31.3 Å². The number of hydrogen-bond acceptors (Lipinski definition) is 8. The van der Waals surface area contributed by atoms with Crippen LogP contribution in [0.1, 0.15) is 25.8 Å². The van der Waals surface area contributed by atoms with Gasteiger partial charge in [0, 0.05) is 37.1 Å². The van der Waals surface area contributed by atoms with Crippen LogP contribution in [0.15, 0.2) is 18.7 Å². The van der Waals surface area contributed by atoms with Crippen molar-refractivity contribution in [2.75, 3.05) is 36.9 Å². The molecule has 2 aliphatic rings. The summed E-state index contributed by atoms with van der Waals surface area (Å²) in [5.74, 6) is 1.64. The van der Waals surface area contributed by atoms with Gasteiger partial charge in [0.2, 0.25) is 11.9 Å². The van der Waals surface area contributed by atoms with Crippen molar-refractivity contribution in [2.45, 2.75) is 25.8 Å². The molecule has 1 atom stereocenters. The maximum Gasteiger partial charge on any atom is 0.228 e. The van der Waals surface area contributed by atoms with Gasteiger partial charge >= 0.3 is 0 Å². The Labute approximate surface area is 156 Å². The number of morpholine rings is 1. The molecule has 0 radical (unpaired) electrons. The van der Waals surface area contributed by atoms with E-state index in [1.165, 1.54) is 12.8 Å². The molecule has 27 heavy (non-hydrogen) atoms. The van der Waals surface area contributed by atoms with E-state index in [1.807, 2.05) is 6.33 Å². The van der Waals surface area contributed by atoms with E-state index in [0.29, 0.717) is 31.1 Å². The number of hydrogen-bond donors (Lipinski definition) is 1. The van der Waals surface area contributed by atoms with E-state index in [9.17, 15) is 0 Å². The Morgan fingerprint density at radius 1 is 1.11 bits per heavy atom. The molecule has 0 spiro atoms. The number of nitrogen functional groups attached to an aromatic ring is 1. The van der Waals surface area contributed by atoms with Crippen LogP contribution in [0.4, 0.5) is 11.9 Å². The third kappa shape index (κ3) is 2.97. The number of anilines is 2. The van der Waals surface area contributed by atoms with Gasteiger partial charge in [-0.25, -0.2) is 19.9 Å². The summed E-state index contributed by atoms with van der Waals surface area (Å²) in [6.07, 6.45) is 7.79. The largest absolute Gasteiger partial charge is 0.378 e. The molecular weight excluding hydrogens is 344 g/mol. The van der Waals surface area contributed by atoms with Crippen molar-refractivity contribution in [2.24, 2.45) is 5.92 Å². The summed E-state index contributed by atoms with van der Waals surface area (Å²) in [6, 6.07) is 0.373. The zero-order valence-electron chi connectivity index (χ0n) is 15.2. The molecule has 9 nitrogen and oxygen atoms in total. The molecule has 3 aromatic rings. The van der Waals surface area contributed by atoms with E-state index in [1.54, 1.807) is 12.4 Å². The lowest BCUT2D eigenvalue weighted by atomic mass is 10.2. The lowest BCUT2D eigenvalue weighted by Gasteiger charge is -2.27. The zero-order chi connectivity index (χ0) is 18.4. The minimum Gasteiger partial charge on any atom is -0.378 e. The molecule has 5 rings (SSSR count). The third-order valence-corrected chi connectivity index (χ3v) is 5.39. The smallest absolute Gasteiger partial charge is 0.228 e. The maximum absolute atomic E-state index is 5.65. The second kappa shape index (κ2) is 6.41. The number of imidazole rings is 1. The number of nitrogens with zero attached hydrogens (tertiary/aromatic N) is 7. The van der Waals surface area contributed by atoms with Gasteiger partial charge in [0.1, 0.15) is 11.2 Å². The average molecular weight is 366 g/mol. The molecule has 4 heterocycles. The van der Waals surface area contributed by atoms with Crippen molar-refractivity contribution < 1.29 is 4.74 Å². The Morgan fingerprint density at radius 2 is 1.85 bits per heavy atom. The highest BCUT2D eigenvalue weighted by atomic mass is 16.5. The van der Waals surface area contributed by atoms with Gasteiger partial charge in [-0.2, -0.15) is 4.98 Å². The Balaban J connectivity index is 1.67. The Bertz CT molecular complexity index is 959. The molecule has 0 amide bonds. The van der Waals surface area contributed by atoms with Crippen LogP contribution in [-0.2, 0) is 4.74 Å². The van der Waals surface area contributed by atoms with Crippen LogP contribution in [-0.4, -0.2) is 55.8 Å². The second-order valence-corrected chi connectivity index (χ2v) is 7.20. The molecular formula is C18H22N8O. The highest BCUT2D eigenvalue weighted by Crippen LogP contribution is 2.41. The molecule has 2 fully saturated rings. The van der Waals surface area contributed by atoms with E-state index in [4.69, 9.17) is 20.4 Å². The molecule has 0 bridgehead atoms. The number of rotatable bonds is 4. The molecule has 3 aromatic heterocycles. The number of nitrogens with two attached hydrogens (primary N) is 1. The first-order valence-electron chi connectivity index (χ1n) is 9.36. The molecule has 0 aromatic carbocycles. The van der Waals surface area contributed by atoms with Gasteiger partial charge in [-0.3, -0.25) is 0 Å². The monoisotopic (exact) mass is 366 g/mol. The van der Waals surface area contributed by atoms with Gasteiger partial charge in [-0.15, -0.1) is 0 Å². The van der Waals surface area contributed by atoms with Crippen molar-refractivity contribution in [3.05, 3.63) is 18.7 Å². The lowest BCUT2D eigenvalue weighted by Crippen LogP contribution is -2.37. The van der Waals surface area contributed by atoms with E-state index < -0.39 is 0 Å². The maximum atomic E-state index is 5.65. The standard InChI is InChI=1S/C18H22N8O/c1-11(12-2-3-12)26-10-22-15-14(13-8-20-17(19)21-9-13)23-18(24-16(15)26)25-4-6-27-7-5-25/h8-12H,2-7H2,1H3,(H2,19,20,21). The second-order valence-electron chi connectivity index (χ2n) is 7.20. The van der Waals surface area contributed by atoms with Crippen molar-refractivity contribution in [3.63, 3.8) is 0 Å². The van der Waals surface area contributed by atoms with Crippen molar-refractivity contribution >= 4 is 23.1 Å². The Kier molecular flexibility index (Phi) is 3.89. The summed E-state index contributed by atoms with van der Waals surface area (Å²) >= 11 is 0. The molecule has 1 saturated heterocycles. The van der Waals surface area contributed by atoms with Crippen molar-refractivity contribution in [1.29, 1.82) is 0 Å². The van der Waals surface area contributed by atoms with E-state index >= 15 is 0 Å². The number of fused-ring (bicyclic) bond motifs is 1. The predicted octanol–water partition coefficient (Wildman–Crippen LogP) is 1.67. The summed E-state index contributed by atoms with van der Waals surface area (Å²) in [5.41, 5.74) is 8.81. The van der Waals surface area contributed by atoms with Crippen LogP contribution in [0, 0.1) is 5.92 Å². The first-order chi connectivity index (χ1) is 13.2. The molecule has 1 aliphatic heterocycles. The Hall–Kier alpha value is -2.81. The Morgan fingerprint density at radius 3 is 2.56 bits per heavy atom. The first kappa shape index (κ1) is 16.4. The number of ether oxygens (including phenoxy) is 1. The summed E-state index contributed by atoms with van der Waals surface area (Å²) in [7, 11) is 0. The molecule has 1 saturated carbocycles. The molecule has 1 unspecified atom stereocenters. The van der Waals surface area contributed by atoms with Crippen LogP contribution in [0.5, 0.6) is 0 Å². The van der Waals surface area contributed by atoms with Crippen LogP contribution in [0.3, 0.4) is 0 Å². The van der Waals surface area contributed by atoms with Gasteiger partial charge in [0.05, 0.1) is 19.5 Å². The lowest BCUT2D eigenvalue weighted by molar-refractivity contribution is 0.122. The van der Waals surface area contributed by atoms with E-state index in [-0.39, 0.29) is 5.95 Å². The van der Waals surface area contributed by atoms with Gasteiger partial charge < -0.3 is 19.9 Å². The molecule has 140 valence electrons. The number of aromatic nitrogens is 6. The topological polar surface area (TPSA) is 108 Å². The van der Waals surface area contributed by atoms with Crippen LogP contribution in [0.2, 0.25) is 0 Å². The average Bonchev–Trinajstić information content (AvgIpc) is 3.47. The highest BCUT2D eigenvalue weighted by Gasteiger charge is 2.31. The molecule has 2 N–H and O–H groups in total. The fourth-order valence-electron chi connectivity index (χ4n) is 3.58. The summed E-state index contributed by atoms with van der Waals surface area (Å²) in [6.45, 7) is 5.14. The van der Waals surface area contributed by atoms with Gasteiger partial charge in [-0.1, -0.05) is 0 Å². The van der Waals surface area contributed by atoms with Crippen LogP contribution in [0.25, 0.3) is 22.4 Å². The summed E-state index contributed by atoms with van der Waals surface area (Å²) in [4.78, 5) is 24.8. The quantitative estimate of drug-likeness (QED) is 0.743. The fourth-order valence-corrected chi connectivity index (χ4v) is 3.58. The van der Waals surface area contributed by atoms with Gasteiger partial charge in [0.25, 0.3) is 0 Å². The van der Waals surface area contributed by atoms with Gasteiger partial charge in [0.15, 0.2) is 5.65 Å². The van der Waals surface area contributed by atoms with Crippen LogP contribution < -0.4 is 10.6 Å². The summed E-state index contributed by atoms with van der Waals surface area (Å²) in [5, 5.41) is 0. The first-order valence-corrected chi connectivity index (χ1v) is 9.36. The normalized spacial score (nSPS) is 18.8. The molecule has 9 heteroatoms. The minimum absolute atomic E-state index is 0.241. The summed E-state index contributed by atoms with van der Waals surface area (Å²) < 4.78 is 7.66.